The van der Waals surface area contributed by atoms with Gasteiger partial charge >= 0.3 is 0 Å². The van der Waals surface area contributed by atoms with Gasteiger partial charge in [0.25, 0.3) is 5.56 Å². The molecule has 2 rings (SSSR count). The molecule has 0 aliphatic carbocycles. The SMILES string of the molecule is Cc1ccc2nc(=O)c(C)cnc2c1. The Hall–Kier alpha value is -1.77. The number of hydrogen-bond acceptors (Lipinski definition) is 3. The van der Waals surface area contributed by atoms with Gasteiger partial charge < -0.3 is 0 Å². The second-order valence-corrected chi connectivity index (χ2v) is 3.35. The summed E-state index contributed by atoms with van der Waals surface area (Å²) in [4.78, 5) is 19.5. The maximum absolute atomic E-state index is 11.4. The van der Waals surface area contributed by atoms with Crippen molar-refractivity contribution in [2.24, 2.45) is 0 Å². The molecular weight excluding hydrogens is 176 g/mol. The van der Waals surface area contributed by atoms with Crippen molar-refractivity contribution in [2.75, 3.05) is 0 Å². The van der Waals surface area contributed by atoms with Crippen LogP contribution in [0.2, 0.25) is 0 Å². The topological polar surface area (TPSA) is 42.9 Å². The normalized spacial score (nSPS) is 10.4. The number of hydrogen-bond donors (Lipinski definition) is 0. The van der Waals surface area contributed by atoms with Crippen molar-refractivity contribution in [3.8, 4) is 0 Å². The lowest BCUT2D eigenvalue weighted by molar-refractivity contribution is 1.25. The first-order valence-corrected chi connectivity index (χ1v) is 4.41. The molecule has 2 aromatic rings. The van der Waals surface area contributed by atoms with Gasteiger partial charge in [-0.3, -0.25) is 9.78 Å². The predicted molar refractivity (Wildman–Crippen MR) is 55.3 cm³/mol. The molecule has 0 amide bonds. The van der Waals surface area contributed by atoms with Crippen molar-refractivity contribution in [3.05, 3.63) is 45.9 Å². The Balaban J connectivity index is 2.93. The van der Waals surface area contributed by atoms with Crippen LogP contribution in [-0.4, -0.2) is 9.97 Å². The molecule has 0 bridgehead atoms. The summed E-state index contributed by atoms with van der Waals surface area (Å²) in [6, 6.07) is 5.66. The molecule has 0 saturated heterocycles. The van der Waals surface area contributed by atoms with Gasteiger partial charge in [0.15, 0.2) is 0 Å². The van der Waals surface area contributed by atoms with Crippen LogP contribution in [0, 0.1) is 13.8 Å². The van der Waals surface area contributed by atoms with Crippen LogP contribution >= 0.6 is 0 Å². The van der Waals surface area contributed by atoms with Gasteiger partial charge in [-0.15, -0.1) is 0 Å². The van der Waals surface area contributed by atoms with Crippen LogP contribution in [0.5, 0.6) is 0 Å². The molecule has 0 unspecified atom stereocenters. The fourth-order valence-corrected chi connectivity index (χ4v) is 1.25. The fourth-order valence-electron chi connectivity index (χ4n) is 1.25. The van der Waals surface area contributed by atoms with Crippen molar-refractivity contribution < 1.29 is 0 Å². The molecule has 0 fully saturated rings. The highest BCUT2D eigenvalue weighted by molar-refractivity contribution is 5.74. The van der Waals surface area contributed by atoms with E-state index in [9.17, 15) is 4.79 Å². The Morgan fingerprint density at radius 1 is 1.14 bits per heavy atom. The Morgan fingerprint density at radius 2 is 1.93 bits per heavy atom. The minimum Gasteiger partial charge on any atom is -0.267 e. The minimum atomic E-state index is -0.212. The van der Waals surface area contributed by atoms with Crippen molar-refractivity contribution in [1.29, 1.82) is 0 Å². The molecule has 1 heterocycles. The molecule has 1 aromatic heterocycles. The summed E-state index contributed by atoms with van der Waals surface area (Å²) in [7, 11) is 0. The van der Waals surface area contributed by atoms with E-state index in [0.29, 0.717) is 11.1 Å². The summed E-state index contributed by atoms with van der Waals surface area (Å²) in [5.74, 6) is 0. The van der Waals surface area contributed by atoms with Crippen LogP contribution in [0.25, 0.3) is 11.0 Å². The number of rotatable bonds is 0. The second kappa shape index (κ2) is 3.18. The van der Waals surface area contributed by atoms with Gasteiger partial charge in [0.2, 0.25) is 0 Å². The van der Waals surface area contributed by atoms with Gasteiger partial charge in [-0.2, -0.15) is 0 Å². The van der Waals surface area contributed by atoms with E-state index in [-0.39, 0.29) is 5.56 Å². The molecule has 0 atom stereocenters. The Morgan fingerprint density at radius 3 is 2.71 bits per heavy atom. The molecule has 0 spiro atoms. The molecular formula is C11H10N2O. The summed E-state index contributed by atoms with van der Waals surface area (Å²) in [5.41, 5.74) is 2.88. The smallest absolute Gasteiger partial charge is 0.267 e. The summed E-state index contributed by atoms with van der Waals surface area (Å²) in [6.45, 7) is 3.70. The average molecular weight is 186 g/mol. The third-order valence-electron chi connectivity index (χ3n) is 2.09. The van der Waals surface area contributed by atoms with Crippen LogP contribution < -0.4 is 5.56 Å². The molecule has 14 heavy (non-hydrogen) atoms. The molecule has 0 radical (unpaired) electrons. The number of benzene rings is 1. The van der Waals surface area contributed by atoms with Crippen molar-refractivity contribution in [3.63, 3.8) is 0 Å². The van der Waals surface area contributed by atoms with E-state index in [1.165, 1.54) is 0 Å². The molecule has 70 valence electrons. The van der Waals surface area contributed by atoms with E-state index < -0.39 is 0 Å². The molecule has 0 aliphatic rings. The van der Waals surface area contributed by atoms with Crippen LogP contribution in [0.15, 0.2) is 29.2 Å². The number of nitrogens with zero attached hydrogens (tertiary/aromatic N) is 2. The average Bonchev–Trinajstić information content (AvgIpc) is 2.29. The largest absolute Gasteiger partial charge is 0.274 e. The highest BCUT2D eigenvalue weighted by atomic mass is 16.1. The predicted octanol–water partition coefficient (Wildman–Crippen LogP) is 1.61. The zero-order valence-corrected chi connectivity index (χ0v) is 8.11. The second-order valence-electron chi connectivity index (χ2n) is 3.35. The maximum Gasteiger partial charge on any atom is 0.274 e. The first kappa shape index (κ1) is 8.81. The van der Waals surface area contributed by atoms with E-state index >= 15 is 0 Å². The van der Waals surface area contributed by atoms with Gasteiger partial charge in [-0.1, -0.05) is 6.07 Å². The van der Waals surface area contributed by atoms with Gasteiger partial charge in [-0.05, 0) is 31.5 Å². The quantitative estimate of drug-likeness (QED) is 0.627. The third-order valence-corrected chi connectivity index (χ3v) is 2.09. The monoisotopic (exact) mass is 186 g/mol. The van der Waals surface area contributed by atoms with Gasteiger partial charge in [0, 0.05) is 11.8 Å². The molecule has 1 aromatic carbocycles. The number of fused-ring (bicyclic) bond motifs is 1. The molecule has 0 N–H and O–H groups in total. The maximum atomic E-state index is 11.4. The third kappa shape index (κ3) is 1.48. The van der Waals surface area contributed by atoms with Crippen molar-refractivity contribution in [1.82, 2.24) is 9.97 Å². The molecule has 0 saturated carbocycles. The van der Waals surface area contributed by atoms with Gasteiger partial charge in [-0.25, -0.2) is 4.98 Å². The lowest BCUT2D eigenvalue weighted by atomic mass is 10.2. The van der Waals surface area contributed by atoms with Crippen molar-refractivity contribution in [2.45, 2.75) is 13.8 Å². The summed E-state index contributed by atoms with van der Waals surface area (Å²) in [6.07, 6.45) is 1.57. The lowest BCUT2D eigenvalue weighted by Crippen LogP contribution is -2.04. The van der Waals surface area contributed by atoms with E-state index in [0.717, 1.165) is 11.1 Å². The summed E-state index contributed by atoms with van der Waals surface area (Å²) >= 11 is 0. The van der Waals surface area contributed by atoms with Gasteiger partial charge in [0.05, 0.1) is 11.0 Å². The number of aryl methyl sites for hydroxylation is 2. The molecule has 0 aliphatic heterocycles. The highest BCUT2D eigenvalue weighted by Crippen LogP contribution is 2.08. The molecule has 3 nitrogen and oxygen atoms in total. The fraction of sp³-hybridized carbons (Fsp3) is 0.182. The first-order chi connectivity index (χ1) is 6.66. The van der Waals surface area contributed by atoms with Crippen LogP contribution in [0.3, 0.4) is 0 Å². The number of aromatic nitrogens is 2. The Bertz CT molecular complexity index is 549. The highest BCUT2D eigenvalue weighted by Gasteiger charge is 1.97. The Kier molecular flexibility index (Phi) is 2.00. The van der Waals surface area contributed by atoms with E-state index in [2.05, 4.69) is 9.97 Å². The van der Waals surface area contributed by atoms with Gasteiger partial charge in [0.1, 0.15) is 0 Å². The van der Waals surface area contributed by atoms with E-state index in [1.54, 1.807) is 13.1 Å². The van der Waals surface area contributed by atoms with Crippen LogP contribution in [0.4, 0.5) is 0 Å². The zero-order chi connectivity index (χ0) is 10.1. The van der Waals surface area contributed by atoms with E-state index in [4.69, 9.17) is 0 Å². The van der Waals surface area contributed by atoms with Crippen LogP contribution in [-0.2, 0) is 0 Å². The van der Waals surface area contributed by atoms with E-state index in [1.807, 2.05) is 25.1 Å². The lowest BCUT2D eigenvalue weighted by Gasteiger charge is -1.91. The summed E-state index contributed by atoms with van der Waals surface area (Å²) in [5, 5.41) is 0. The Labute approximate surface area is 81.5 Å². The summed E-state index contributed by atoms with van der Waals surface area (Å²) < 4.78 is 0. The van der Waals surface area contributed by atoms with Crippen molar-refractivity contribution >= 4 is 11.0 Å². The standard InChI is InChI=1S/C11H10N2O/c1-7-3-4-9-10(5-7)12-6-8(2)11(14)13-9/h3-6H,1-2H3. The van der Waals surface area contributed by atoms with Crippen LogP contribution in [0.1, 0.15) is 11.1 Å². The first-order valence-electron chi connectivity index (χ1n) is 4.41. The zero-order valence-electron chi connectivity index (χ0n) is 8.11. The minimum absolute atomic E-state index is 0.212. The molecule has 3 heteroatoms.